The second-order valence-electron chi connectivity index (χ2n) is 4.98. The molecule has 0 saturated carbocycles. The summed E-state index contributed by atoms with van der Waals surface area (Å²) in [5.74, 6) is -2.98. The Balaban J connectivity index is 2.43. The lowest BCUT2D eigenvalue weighted by molar-refractivity contribution is 0.141. The van der Waals surface area contributed by atoms with Gasteiger partial charge in [0.2, 0.25) is 0 Å². The molecular formula is C16H16F3NO. The Kier molecular flexibility index (Phi) is 4.65. The number of benzene rings is 2. The number of rotatable bonds is 4. The van der Waals surface area contributed by atoms with E-state index in [0.29, 0.717) is 0 Å². The zero-order valence-electron chi connectivity index (χ0n) is 11.5. The van der Waals surface area contributed by atoms with Crippen molar-refractivity contribution in [1.29, 1.82) is 0 Å². The van der Waals surface area contributed by atoms with Gasteiger partial charge < -0.3 is 10.8 Å². The lowest BCUT2D eigenvalue weighted by atomic mass is 9.88. The van der Waals surface area contributed by atoms with Gasteiger partial charge in [0.25, 0.3) is 0 Å². The predicted molar refractivity (Wildman–Crippen MR) is 74.3 cm³/mol. The third-order valence-corrected chi connectivity index (χ3v) is 3.47. The Morgan fingerprint density at radius 2 is 1.71 bits per heavy atom. The van der Waals surface area contributed by atoms with Gasteiger partial charge in [-0.2, -0.15) is 0 Å². The second-order valence-corrected chi connectivity index (χ2v) is 4.98. The van der Waals surface area contributed by atoms with Gasteiger partial charge in [-0.1, -0.05) is 23.8 Å². The summed E-state index contributed by atoms with van der Waals surface area (Å²) in [5, 5.41) is 10.4. The van der Waals surface area contributed by atoms with Crippen LogP contribution >= 0.6 is 0 Å². The molecule has 0 aliphatic rings. The first-order valence-electron chi connectivity index (χ1n) is 6.53. The first kappa shape index (κ1) is 15.5. The Morgan fingerprint density at radius 1 is 1.00 bits per heavy atom. The molecular weight excluding hydrogens is 279 g/mol. The summed E-state index contributed by atoms with van der Waals surface area (Å²) in [6.45, 7) is 1.66. The summed E-state index contributed by atoms with van der Waals surface area (Å²) in [6.07, 6.45) is -1.31. The molecule has 0 bridgehead atoms. The lowest BCUT2D eigenvalue weighted by Crippen LogP contribution is -2.22. The third-order valence-electron chi connectivity index (χ3n) is 3.47. The van der Waals surface area contributed by atoms with E-state index in [1.807, 2.05) is 0 Å². The molecule has 0 radical (unpaired) electrons. The number of aliphatic hydroxyl groups is 1. The molecule has 2 aromatic rings. The quantitative estimate of drug-likeness (QED) is 0.910. The van der Waals surface area contributed by atoms with Crippen molar-refractivity contribution >= 4 is 0 Å². The van der Waals surface area contributed by atoms with Crippen molar-refractivity contribution in [3.8, 4) is 0 Å². The lowest BCUT2D eigenvalue weighted by Gasteiger charge is -2.23. The van der Waals surface area contributed by atoms with E-state index in [1.54, 1.807) is 13.0 Å². The highest BCUT2D eigenvalue weighted by Crippen LogP contribution is 2.33. The van der Waals surface area contributed by atoms with E-state index in [9.17, 15) is 18.3 Å². The molecule has 2 rings (SSSR count). The molecule has 3 N–H and O–H groups in total. The van der Waals surface area contributed by atoms with Gasteiger partial charge in [-0.3, -0.25) is 0 Å². The molecule has 21 heavy (non-hydrogen) atoms. The molecule has 2 unspecified atom stereocenters. The molecule has 2 atom stereocenters. The van der Waals surface area contributed by atoms with Crippen molar-refractivity contribution < 1.29 is 18.3 Å². The van der Waals surface area contributed by atoms with E-state index in [-0.39, 0.29) is 17.7 Å². The van der Waals surface area contributed by atoms with Crippen LogP contribution in [0.1, 0.15) is 28.7 Å². The van der Waals surface area contributed by atoms with E-state index in [1.165, 1.54) is 18.2 Å². The number of nitrogens with two attached hydrogens (primary N) is 1. The fourth-order valence-corrected chi connectivity index (χ4v) is 2.33. The van der Waals surface area contributed by atoms with Crippen LogP contribution in [-0.2, 0) is 0 Å². The highest BCUT2D eigenvalue weighted by atomic mass is 19.1. The van der Waals surface area contributed by atoms with Gasteiger partial charge in [-0.05, 0) is 24.6 Å². The Hall–Kier alpha value is -1.85. The van der Waals surface area contributed by atoms with Crippen LogP contribution < -0.4 is 5.73 Å². The fourth-order valence-electron chi connectivity index (χ4n) is 2.33. The van der Waals surface area contributed by atoms with Crippen LogP contribution in [0, 0.1) is 24.4 Å². The van der Waals surface area contributed by atoms with E-state index in [4.69, 9.17) is 5.73 Å². The van der Waals surface area contributed by atoms with Crippen LogP contribution in [0.3, 0.4) is 0 Å². The standard InChI is InChI=1S/C16H16F3NO/c1-9-2-5-14(18)12(6-9)16(21)13(8-20)11-4-3-10(17)7-15(11)19/h2-7,13,16,21H,8,20H2,1H3. The molecule has 0 fully saturated rings. The summed E-state index contributed by atoms with van der Waals surface area (Å²) in [5.41, 5.74) is 6.47. The van der Waals surface area contributed by atoms with Crippen LogP contribution in [-0.4, -0.2) is 11.7 Å². The second kappa shape index (κ2) is 6.28. The molecule has 0 amide bonds. The average Bonchev–Trinajstić information content (AvgIpc) is 2.44. The summed E-state index contributed by atoms with van der Waals surface area (Å²) >= 11 is 0. The number of halogens is 3. The van der Waals surface area contributed by atoms with Crippen LogP contribution in [0.4, 0.5) is 13.2 Å². The van der Waals surface area contributed by atoms with E-state index >= 15 is 0 Å². The largest absolute Gasteiger partial charge is 0.388 e. The smallest absolute Gasteiger partial charge is 0.129 e. The maximum atomic E-state index is 13.8. The monoisotopic (exact) mass is 295 g/mol. The van der Waals surface area contributed by atoms with Crippen LogP contribution in [0.15, 0.2) is 36.4 Å². The predicted octanol–water partition coefficient (Wildman–Crippen LogP) is 3.19. The van der Waals surface area contributed by atoms with Crippen molar-refractivity contribution in [2.24, 2.45) is 5.73 Å². The van der Waals surface area contributed by atoms with Crippen LogP contribution in [0.25, 0.3) is 0 Å². The molecule has 0 aliphatic heterocycles. The summed E-state index contributed by atoms with van der Waals surface area (Å²) in [6, 6.07) is 7.32. The topological polar surface area (TPSA) is 46.2 Å². The van der Waals surface area contributed by atoms with Crippen molar-refractivity contribution in [1.82, 2.24) is 0 Å². The van der Waals surface area contributed by atoms with Crippen molar-refractivity contribution in [2.45, 2.75) is 18.9 Å². The highest BCUT2D eigenvalue weighted by Gasteiger charge is 2.26. The van der Waals surface area contributed by atoms with Gasteiger partial charge in [-0.15, -0.1) is 0 Å². The van der Waals surface area contributed by atoms with Crippen LogP contribution in [0.5, 0.6) is 0 Å². The number of aliphatic hydroxyl groups excluding tert-OH is 1. The van der Waals surface area contributed by atoms with Gasteiger partial charge in [0.05, 0.1) is 6.10 Å². The number of hydrogen-bond acceptors (Lipinski definition) is 2. The molecule has 0 saturated heterocycles. The van der Waals surface area contributed by atoms with Crippen molar-refractivity contribution in [2.75, 3.05) is 6.54 Å². The zero-order valence-corrected chi connectivity index (χ0v) is 11.5. The van der Waals surface area contributed by atoms with E-state index in [0.717, 1.165) is 17.7 Å². The summed E-state index contributed by atoms with van der Waals surface area (Å²) < 4.78 is 40.6. The van der Waals surface area contributed by atoms with Gasteiger partial charge in [-0.25, -0.2) is 13.2 Å². The molecule has 2 nitrogen and oxygen atoms in total. The molecule has 112 valence electrons. The Labute approximate surface area is 121 Å². The van der Waals surface area contributed by atoms with Crippen LogP contribution in [0.2, 0.25) is 0 Å². The summed E-state index contributed by atoms with van der Waals surface area (Å²) in [4.78, 5) is 0. The van der Waals surface area contributed by atoms with Crippen molar-refractivity contribution in [3.63, 3.8) is 0 Å². The molecule has 5 heteroatoms. The molecule has 0 spiro atoms. The first-order chi connectivity index (χ1) is 9.93. The first-order valence-corrected chi connectivity index (χ1v) is 6.53. The van der Waals surface area contributed by atoms with Gasteiger partial charge >= 0.3 is 0 Å². The summed E-state index contributed by atoms with van der Waals surface area (Å²) in [7, 11) is 0. The number of hydrogen-bond donors (Lipinski definition) is 2. The molecule has 2 aromatic carbocycles. The van der Waals surface area contributed by atoms with E-state index < -0.39 is 29.5 Å². The zero-order chi connectivity index (χ0) is 15.6. The minimum Gasteiger partial charge on any atom is -0.388 e. The third kappa shape index (κ3) is 3.25. The fraction of sp³-hybridized carbons (Fsp3) is 0.250. The maximum absolute atomic E-state index is 13.8. The Bertz CT molecular complexity index is 645. The maximum Gasteiger partial charge on any atom is 0.129 e. The SMILES string of the molecule is Cc1ccc(F)c(C(O)C(CN)c2ccc(F)cc2F)c1. The highest BCUT2D eigenvalue weighted by molar-refractivity contribution is 5.31. The average molecular weight is 295 g/mol. The Morgan fingerprint density at radius 3 is 2.33 bits per heavy atom. The van der Waals surface area contributed by atoms with E-state index in [2.05, 4.69) is 0 Å². The number of aryl methyl sites for hydroxylation is 1. The minimum atomic E-state index is -1.31. The molecule has 0 aliphatic carbocycles. The normalized spacial score (nSPS) is 14.0. The molecule has 0 aromatic heterocycles. The van der Waals surface area contributed by atoms with Gasteiger partial charge in [0.1, 0.15) is 17.5 Å². The van der Waals surface area contributed by atoms with Gasteiger partial charge in [0.15, 0.2) is 0 Å². The van der Waals surface area contributed by atoms with Crippen molar-refractivity contribution in [3.05, 3.63) is 70.5 Å². The van der Waals surface area contributed by atoms with Gasteiger partial charge in [0, 0.05) is 24.1 Å². The molecule has 0 heterocycles. The minimum absolute atomic E-state index is 0.0502.